The molecule has 1 saturated carbocycles. The SMILES string of the molecule is O=c1c2sccc2[nH]c(=S)n1C1CCOC1C1CC1. The molecule has 1 aliphatic carbocycles. The molecule has 0 radical (unpaired) electrons. The molecule has 2 fully saturated rings. The number of ether oxygens (including phenoxy) is 1. The predicted octanol–water partition coefficient (Wildman–Crippen LogP) is 2.86. The van der Waals surface area contributed by atoms with Gasteiger partial charge in [0.15, 0.2) is 4.77 Å². The molecule has 1 saturated heterocycles. The minimum absolute atomic E-state index is 0.0369. The number of hydrogen-bond donors (Lipinski definition) is 1. The highest BCUT2D eigenvalue weighted by atomic mass is 32.1. The van der Waals surface area contributed by atoms with E-state index in [0.29, 0.717) is 10.7 Å². The first kappa shape index (κ1) is 11.8. The zero-order chi connectivity index (χ0) is 13.0. The first-order valence-electron chi connectivity index (χ1n) is 6.59. The fourth-order valence-corrected chi connectivity index (χ4v) is 4.12. The van der Waals surface area contributed by atoms with Gasteiger partial charge in [0.1, 0.15) is 4.70 Å². The average molecular weight is 294 g/mol. The second-order valence-electron chi connectivity index (χ2n) is 5.30. The summed E-state index contributed by atoms with van der Waals surface area (Å²) < 4.78 is 8.87. The quantitative estimate of drug-likeness (QED) is 0.866. The monoisotopic (exact) mass is 294 g/mol. The fourth-order valence-electron chi connectivity index (χ4n) is 3.00. The highest BCUT2D eigenvalue weighted by molar-refractivity contribution is 7.71. The van der Waals surface area contributed by atoms with Crippen molar-refractivity contribution < 1.29 is 4.74 Å². The Hall–Kier alpha value is -0.980. The van der Waals surface area contributed by atoms with Gasteiger partial charge in [-0.15, -0.1) is 11.3 Å². The Labute approximate surface area is 119 Å². The summed E-state index contributed by atoms with van der Waals surface area (Å²) in [6, 6.07) is 2.01. The number of thiophene rings is 1. The summed E-state index contributed by atoms with van der Waals surface area (Å²) in [6.07, 6.45) is 3.49. The molecular formula is C13H14N2O2S2. The van der Waals surface area contributed by atoms with Crippen LogP contribution in [0.5, 0.6) is 0 Å². The average Bonchev–Trinajstić information content (AvgIpc) is 2.93. The molecule has 2 atom stereocenters. The zero-order valence-corrected chi connectivity index (χ0v) is 11.9. The molecule has 2 aromatic heterocycles. The molecule has 19 heavy (non-hydrogen) atoms. The number of nitrogens with one attached hydrogen (secondary N) is 1. The summed E-state index contributed by atoms with van der Waals surface area (Å²) >= 11 is 6.86. The lowest BCUT2D eigenvalue weighted by molar-refractivity contribution is 0.0740. The van der Waals surface area contributed by atoms with E-state index in [1.54, 1.807) is 4.57 Å². The van der Waals surface area contributed by atoms with E-state index in [-0.39, 0.29) is 17.7 Å². The van der Waals surface area contributed by atoms with Crippen LogP contribution < -0.4 is 5.56 Å². The van der Waals surface area contributed by atoms with Crippen LogP contribution in [0.3, 0.4) is 0 Å². The first-order valence-corrected chi connectivity index (χ1v) is 7.88. The summed E-state index contributed by atoms with van der Waals surface area (Å²) in [5, 5.41) is 1.92. The molecule has 0 spiro atoms. The summed E-state index contributed by atoms with van der Waals surface area (Å²) in [7, 11) is 0. The zero-order valence-electron chi connectivity index (χ0n) is 10.3. The third kappa shape index (κ3) is 1.81. The lowest BCUT2D eigenvalue weighted by Crippen LogP contribution is -2.31. The number of fused-ring (bicyclic) bond motifs is 1. The third-order valence-electron chi connectivity index (χ3n) is 4.06. The van der Waals surface area contributed by atoms with Gasteiger partial charge >= 0.3 is 0 Å². The summed E-state index contributed by atoms with van der Waals surface area (Å²) in [5.74, 6) is 0.618. The third-order valence-corrected chi connectivity index (χ3v) is 5.26. The van der Waals surface area contributed by atoms with Gasteiger partial charge in [0.2, 0.25) is 0 Å². The number of hydrogen-bond acceptors (Lipinski definition) is 4. The van der Waals surface area contributed by atoms with Crippen LogP contribution in [0.2, 0.25) is 0 Å². The van der Waals surface area contributed by atoms with Crippen molar-refractivity contribution in [1.29, 1.82) is 0 Å². The number of aromatic nitrogens is 2. The molecule has 1 N–H and O–H groups in total. The Kier molecular flexibility index (Phi) is 2.65. The molecule has 0 aromatic carbocycles. The Morgan fingerprint density at radius 3 is 3.05 bits per heavy atom. The van der Waals surface area contributed by atoms with Gasteiger partial charge in [0.25, 0.3) is 5.56 Å². The second kappa shape index (κ2) is 4.26. The highest BCUT2D eigenvalue weighted by Gasteiger charge is 2.42. The molecule has 0 bridgehead atoms. The van der Waals surface area contributed by atoms with Crippen LogP contribution in [0.1, 0.15) is 25.3 Å². The van der Waals surface area contributed by atoms with Crippen LogP contribution in [0.25, 0.3) is 10.2 Å². The van der Waals surface area contributed by atoms with Crippen molar-refractivity contribution in [3.8, 4) is 0 Å². The van der Waals surface area contributed by atoms with Crippen molar-refractivity contribution in [3.63, 3.8) is 0 Å². The van der Waals surface area contributed by atoms with Crippen LogP contribution in [-0.4, -0.2) is 22.3 Å². The van der Waals surface area contributed by atoms with E-state index in [4.69, 9.17) is 17.0 Å². The molecular weight excluding hydrogens is 280 g/mol. The van der Waals surface area contributed by atoms with Gasteiger partial charge in [-0.2, -0.15) is 0 Å². The van der Waals surface area contributed by atoms with Gasteiger partial charge in [0, 0.05) is 6.61 Å². The Bertz CT molecular complexity index is 741. The number of aromatic amines is 1. The number of rotatable bonds is 2. The number of nitrogens with zero attached hydrogens (tertiary/aromatic N) is 1. The molecule has 3 heterocycles. The summed E-state index contributed by atoms with van der Waals surface area (Å²) in [5.41, 5.74) is 0.882. The molecule has 2 unspecified atom stereocenters. The Morgan fingerprint density at radius 1 is 1.42 bits per heavy atom. The van der Waals surface area contributed by atoms with E-state index >= 15 is 0 Å². The van der Waals surface area contributed by atoms with Crippen LogP contribution in [0, 0.1) is 10.7 Å². The smallest absolute Gasteiger partial charge is 0.272 e. The Morgan fingerprint density at radius 2 is 2.26 bits per heavy atom. The number of H-pyrrole nitrogens is 1. The van der Waals surface area contributed by atoms with Gasteiger partial charge in [0.05, 0.1) is 17.7 Å². The normalized spacial score (nSPS) is 27.2. The minimum atomic E-state index is 0.0369. The molecule has 2 aliphatic rings. The predicted molar refractivity (Wildman–Crippen MR) is 77.4 cm³/mol. The van der Waals surface area contributed by atoms with Crippen LogP contribution in [0.4, 0.5) is 0 Å². The fraction of sp³-hybridized carbons (Fsp3) is 0.538. The van der Waals surface area contributed by atoms with Gasteiger partial charge in [-0.05, 0) is 48.8 Å². The Balaban J connectivity index is 1.90. The van der Waals surface area contributed by atoms with Crippen LogP contribution in [-0.2, 0) is 4.74 Å². The molecule has 100 valence electrons. The summed E-state index contributed by atoms with van der Waals surface area (Å²) in [6.45, 7) is 0.732. The van der Waals surface area contributed by atoms with Crippen molar-refractivity contribution in [2.24, 2.45) is 5.92 Å². The van der Waals surface area contributed by atoms with E-state index in [9.17, 15) is 4.79 Å². The highest BCUT2D eigenvalue weighted by Crippen LogP contribution is 2.43. The topological polar surface area (TPSA) is 47.0 Å². The lowest BCUT2D eigenvalue weighted by atomic mass is 10.1. The molecule has 4 rings (SSSR count). The molecule has 4 nitrogen and oxygen atoms in total. The van der Waals surface area contributed by atoms with E-state index in [1.165, 1.54) is 24.2 Å². The second-order valence-corrected chi connectivity index (χ2v) is 6.60. The van der Waals surface area contributed by atoms with E-state index in [1.807, 2.05) is 11.4 Å². The van der Waals surface area contributed by atoms with Crippen molar-refractivity contribution in [2.45, 2.75) is 31.4 Å². The minimum Gasteiger partial charge on any atom is -0.376 e. The molecule has 1 aliphatic heterocycles. The standard InChI is InChI=1S/C13H14N2O2S2/c16-12-11-8(4-6-19-11)14-13(18)15(12)9-3-5-17-10(9)7-1-2-7/h4,6-7,9-10H,1-3,5H2,(H,14,18). The first-order chi connectivity index (χ1) is 9.25. The maximum Gasteiger partial charge on any atom is 0.272 e. The van der Waals surface area contributed by atoms with Gasteiger partial charge < -0.3 is 9.72 Å². The lowest BCUT2D eigenvalue weighted by Gasteiger charge is -2.20. The van der Waals surface area contributed by atoms with Crippen LogP contribution in [0.15, 0.2) is 16.2 Å². The van der Waals surface area contributed by atoms with Gasteiger partial charge in [-0.3, -0.25) is 9.36 Å². The van der Waals surface area contributed by atoms with E-state index in [2.05, 4.69) is 4.98 Å². The summed E-state index contributed by atoms with van der Waals surface area (Å²) in [4.78, 5) is 15.8. The van der Waals surface area contributed by atoms with E-state index in [0.717, 1.165) is 23.2 Å². The molecule has 0 amide bonds. The van der Waals surface area contributed by atoms with Crippen molar-refractivity contribution in [2.75, 3.05) is 6.61 Å². The van der Waals surface area contributed by atoms with Gasteiger partial charge in [-0.25, -0.2) is 0 Å². The van der Waals surface area contributed by atoms with Crippen molar-refractivity contribution in [3.05, 3.63) is 26.6 Å². The largest absolute Gasteiger partial charge is 0.376 e. The maximum atomic E-state index is 12.6. The molecule has 2 aromatic rings. The maximum absolute atomic E-state index is 12.6. The van der Waals surface area contributed by atoms with Crippen molar-refractivity contribution in [1.82, 2.24) is 9.55 Å². The molecule has 6 heteroatoms. The van der Waals surface area contributed by atoms with E-state index < -0.39 is 0 Å². The van der Waals surface area contributed by atoms with Crippen molar-refractivity contribution >= 4 is 33.8 Å². The van der Waals surface area contributed by atoms with Gasteiger partial charge in [-0.1, -0.05) is 0 Å². The van der Waals surface area contributed by atoms with Crippen LogP contribution >= 0.6 is 23.6 Å².